The normalized spacial score (nSPS) is 12.3. The number of aliphatic hydroxyl groups excluding tert-OH is 1. The van der Waals surface area contributed by atoms with E-state index in [0.717, 1.165) is 4.47 Å². The van der Waals surface area contributed by atoms with Crippen LogP contribution in [0.3, 0.4) is 0 Å². The lowest BCUT2D eigenvalue weighted by Gasteiger charge is -2.07. The summed E-state index contributed by atoms with van der Waals surface area (Å²) in [5, 5.41) is 19.2. The fourth-order valence-corrected chi connectivity index (χ4v) is 2.11. The van der Waals surface area contributed by atoms with Crippen molar-refractivity contribution >= 4 is 15.9 Å². The number of hydrogen-bond acceptors (Lipinski definition) is 4. The number of aromatic amines is 1. The SMILES string of the molecule is CC(O)CCc1nc(O)c(-c2ccc(Br)cc2)c(=O)[nH]1. The molecular weight excluding hydrogens is 324 g/mol. The molecule has 0 spiro atoms. The number of hydrogen-bond donors (Lipinski definition) is 3. The van der Waals surface area contributed by atoms with Crippen LogP contribution in [0, 0.1) is 0 Å². The third-order valence-electron chi connectivity index (χ3n) is 2.88. The van der Waals surface area contributed by atoms with Crippen LogP contribution in [0.5, 0.6) is 5.88 Å². The van der Waals surface area contributed by atoms with Crippen LogP contribution in [0.1, 0.15) is 19.2 Å². The van der Waals surface area contributed by atoms with E-state index in [0.29, 0.717) is 24.2 Å². The van der Waals surface area contributed by atoms with E-state index >= 15 is 0 Å². The van der Waals surface area contributed by atoms with E-state index in [1.807, 2.05) is 0 Å². The number of rotatable bonds is 4. The molecule has 2 aromatic rings. The molecule has 0 fully saturated rings. The van der Waals surface area contributed by atoms with E-state index in [1.54, 1.807) is 31.2 Å². The number of halogens is 1. The van der Waals surface area contributed by atoms with E-state index < -0.39 is 6.10 Å². The Kier molecular flexibility index (Phi) is 4.57. The fraction of sp³-hybridized carbons (Fsp3) is 0.286. The molecule has 3 N–H and O–H groups in total. The van der Waals surface area contributed by atoms with Gasteiger partial charge in [0.2, 0.25) is 5.88 Å². The average molecular weight is 339 g/mol. The molecule has 1 aromatic heterocycles. The minimum absolute atomic E-state index is 0.151. The van der Waals surface area contributed by atoms with E-state index in [4.69, 9.17) is 0 Å². The Labute approximate surface area is 124 Å². The van der Waals surface area contributed by atoms with Crippen LogP contribution in [0.4, 0.5) is 0 Å². The Morgan fingerprint density at radius 3 is 2.55 bits per heavy atom. The van der Waals surface area contributed by atoms with Crippen molar-refractivity contribution in [2.24, 2.45) is 0 Å². The number of benzene rings is 1. The Hall–Kier alpha value is -1.66. The maximum absolute atomic E-state index is 12.1. The van der Waals surface area contributed by atoms with Crippen LogP contribution in [-0.2, 0) is 6.42 Å². The van der Waals surface area contributed by atoms with Gasteiger partial charge in [-0.1, -0.05) is 28.1 Å². The molecule has 106 valence electrons. The Morgan fingerprint density at radius 2 is 2.00 bits per heavy atom. The van der Waals surface area contributed by atoms with Crippen molar-refractivity contribution in [2.45, 2.75) is 25.9 Å². The lowest BCUT2D eigenvalue weighted by molar-refractivity contribution is 0.184. The van der Waals surface area contributed by atoms with Crippen LogP contribution in [0.2, 0.25) is 0 Å². The standard InChI is InChI=1S/C14H15BrN2O3/c1-8(18)2-7-11-16-13(19)12(14(20)17-11)9-3-5-10(15)6-4-9/h3-6,8,18H,2,7H2,1H3,(H2,16,17,19,20). The number of aryl methyl sites for hydroxylation is 1. The van der Waals surface area contributed by atoms with Crippen LogP contribution in [0.15, 0.2) is 33.5 Å². The highest BCUT2D eigenvalue weighted by atomic mass is 79.9. The van der Waals surface area contributed by atoms with Crippen molar-refractivity contribution < 1.29 is 10.2 Å². The van der Waals surface area contributed by atoms with E-state index in [2.05, 4.69) is 25.9 Å². The molecule has 0 saturated heterocycles. The molecule has 0 bridgehead atoms. The molecule has 1 heterocycles. The first-order valence-corrected chi connectivity index (χ1v) is 7.03. The summed E-state index contributed by atoms with van der Waals surface area (Å²) < 4.78 is 0.888. The molecule has 0 radical (unpaired) electrons. The van der Waals surface area contributed by atoms with E-state index in [1.165, 1.54) is 0 Å². The molecule has 1 atom stereocenters. The number of aromatic hydroxyl groups is 1. The zero-order valence-electron chi connectivity index (χ0n) is 10.9. The van der Waals surface area contributed by atoms with E-state index in [-0.39, 0.29) is 17.0 Å². The maximum atomic E-state index is 12.1. The van der Waals surface area contributed by atoms with Gasteiger partial charge in [-0.3, -0.25) is 4.79 Å². The number of aromatic nitrogens is 2. The Balaban J connectivity index is 2.36. The molecule has 2 rings (SSSR count). The molecule has 20 heavy (non-hydrogen) atoms. The fourth-order valence-electron chi connectivity index (χ4n) is 1.85. The second-order valence-corrected chi connectivity index (χ2v) is 5.52. The van der Waals surface area contributed by atoms with E-state index in [9.17, 15) is 15.0 Å². The largest absolute Gasteiger partial charge is 0.493 e. The van der Waals surface area contributed by atoms with Gasteiger partial charge in [0, 0.05) is 10.9 Å². The second-order valence-electron chi connectivity index (χ2n) is 4.61. The molecule has 0 aliphatic carbocycles. The van der Waals surface area contributed by atoms with Gasteiger partial charge >= 0.3 is 0 Å². The highest BCUT2D eigenvalue weighted by molar-refractivity contribution is 9.10. The topological polar surface area (TPSA) is 86.2 Å². The van der Waals surface area contributed by atoms with Crippen LogP contribution in [0.25, 0.3) is 11.1 Å². The van der Waals surface area contributed by atoms with Crippen molar-refractivity contribution in [3.63, 3.8) is 0 Å². The summed E-state index contributed by atoms with van der Waals surface area (Å²) >= 11 is 3.31. The predicted octanol–water partition coefficient (Wildman–Crippen LogP) is 2.22. The van der Waals surface area contributed by atoms with Gasteiger partial charge in [0.05, 0.1) is 6.10 Å². The van der Waals surface area contributed by atoms with Gasteiger partial charge in [0.1, 0.15) is 11.4 Å². The summed E-state index contributed by atoms with van der Waals surface area (Å²) in [6.07, 6.45) is 0.398. The molecule has 0 amide bonds. The predicted molar refractivity (Wildman–Crippen MR) is 79.7 cm³/mol. The van der Waals surface area contributed by atoms with Crippen LogP contribution >= 0.6 is 15.9 Å². The summed E-state index contributed by atoms with van der Waals surface area (Å²) in [5.41, 5.74) is 0.361. The number of nitrogens with one attached hydrogen (secondary N) is 1. The van der Waals surface area contributed by atoms with Gasteiger partial charge in [-0.15, -0.1) is 0 Å². The van der Waals surface area contributed by atoms with Gasteiger partial charge in [0.15, 0.2) is 0 Å². The lowest BCUT2D eigenvalue weighted by Crippen LogP contribution is -2.15. The zero-order chi connectivity index (χ0) is 14.7. The molecular formula is C14H15BrN2O3. The Morgan fingerprint density at radius 1 is 1.35 bits per heavy atom. The van der Waals surface area contributed by atoms with Gasteiger partial charge < -0.3 is 15.2 Å². The van der Waals surface area contributed by atoms with Crippen molar-refractivity contribution in [2.75, 3.05) is 0 Å². The molecule has 0 aliphatic rings. The number of H-pyrrole nitrogens is 1. The molecule has 0 aliphatic heterocycles. The minimum Gasteiger partial charge on any atom is -0.493 e. The first-order valence-electron chi connectivity index (χ1n) is 6.23. The first kappa shape index (κ1) is 14.7. The highest BCUT2D eigenvalue weighted by Crippen LogP contribution is 2.24. The third kappa shape index (κ3) is 3.46. The zero-order valence-corrected chi connectivity index (χ0v) is 12.5. The van der Waals surface area contributed by atoms with Crippen molar-refractivity contribution in [3.05, 3.63) is 44.9 Å². The van der Waals surface area contributed by atoms with Crippen molar-refractivity contribution in [1.82, 2.24) is 9.97 Å². The van der Waals surface area contributed by atoms with Gasteiger partial charge in [-0.25, -0.2) is 0 Å². The molecule has 1 unspecified atom stereocenters. The summed E-state index contributed by atoms with van der Waals surface area (Å²) in [5.74, 6) is 0.0749. The summed E-state index contributed by atoms with van der Waals surface area (Å²) in [4.78, 5) is 18.7. The smallest absolute Gasteiger partial charge is 0.262 e. The molecule has 6 heteroatoms. The summed E-state index contributed by atoms with van der Waals surface area (Å²) in [6.45, 7) is 1.66. The minimum atomic E-state index is -0.478. The monoisotopic (exact) mass is 338 g/mol. The van der Waals surface area contributed by atoms with Crippen LogP contribution in [-0.4, -0.2) is 26.3 Å². The Bertz CT molecular complexity index is 650. The van der Waals surface area contributed by atoms with Gasteiger partial charge in [0.25, 0.3) is 5.56 Å². The maximum Gasteiger partial charge on any atom is 0.262 e. The molecule has 5 nitrogen and oxygen atoms in total. The first-order chi connectivity index (χ1) is 9.47. The number of aliphatic hydroxyl groups is 1. The second kappa shape index (κ2) is 6.19. The van der Waals surface area contributed by atoms with Gasteiger partial charge in [-0.05, 0) is 31.0 Å². The van der Waals surface area contributed by atoms with Crippen molar-refractivity contribution in [3.8, 4) is 17.0 Å². The summed E-state index contributed by atoms with van der Waals surface area (Å²) in [7, 11) is 0. The molecule has 1 aromatic carbocycles. The summed E-state index contributed by atoms with van der Waals surface area (Å²) in [6, 6.07) is 7.03. The van der Waals surface area contributed by atoms with Crippen LogP contribution < -0.4 is 5.56 Å². The number of nitrogens with zero attached hydrogens (tertiary/aromatic N) is 1. The lowest BCUT2D eigenvalue weighted by atomic mass is 10.1. The van der Waals surface area contributed by atoms with Crippen molar-refractivity contribution in [1.29, 1.82) is 0 Å². The highest BCUT2D eigenvalue weighted by Gasteiger charge is 2.13. The average Bonchev–Trinajstić information content (AvgIpc) is 2.38. The van der Waals surface area contributed by atoms with Gasteiger partial charge in [-0.2, -0.15) is 4.98 Å². The quantitative estimate of drug-likeness (QED) is 0.797. The third-order valence-corrected chi connectivity index (χ3v) is 3.41. The molecule has 0 saturated carbocycles.